The molecule has 5 heteroatoms. The molecule has 2 aliphatic heterocycles. The summed E-state index contributed by atoms with van der Waals surface area (Å²) < 4.78 is 16.0. The Morgan fingerprint density at radius 2 is 2.06 bits per heavy atom. The molecule has 1 unspecified atom stereocenters. The zero-order valence-electron chi connectivity index (χ0n) is 9.52. The molecule has 0 saturated carbocycles. The predicted octanol–water partition coefficient (Wildman–Crippen LogP) is 0.388. The van der Waals surface area contributed by atoms with Gasteiger partial charge < -0.3 is 19.1 Å². The minimum atomic E-state index is -0.182. The normalized spacial score (nSPS) is 26.8. The van der Waals surface area contributed by atoms with Crippen LogP contribution in [0.5, 0.6) is 0 Å². The molecule has 1 amide bonds. The first-order chi connectivity index (χ1) is 7.86. The lowest BCUT2D eigenvalue weighted by Crippen LogP contribution is -2.43. The van der Waals surface area contributed by atoms with E-state index in [4.69, 9.17) is 14.2 Å². The van der Waals surface area contributed by atoms with Crippen LogP contribution >= 0.6 is 0 Å². The molecule has 2 fully saturated rings. The number of amides is 1. The highest BCUT2D eigenvalue weighted by molar-refractivity contribution is 5.77. The van der Waals surface area contributed by atoms with Gasteiger partial charge in [-0.2, -0.15) is 0 Å². The number of carbonyl (C=O) groups excluding carboxylic acids is 1. The molecular formula is C11H19NO4. The van der Waals surface area contributed by atoms with Crippen molar-refractivity contribution in [2.75, 3.05) is 39.5 Å². The lowest BCUT2D eigenvalue weighted by molar-refractivity contribution is -0.176. The molecule has 0 aliphatic carbocycles. The zero-order valence-corrected chi connectivity index (χ0v) is 9.52. The van der Waals surface area contributed by atoms with Crippen molar-refractivity contribution in [3.63, 3.8) is 0 Å². The molecule has 5 nitrogen and oxygen atoms in total. The van der Waals surface area contributed by atoms with Crippen molar-refractivity contribution in [3.05, 3.63) is 0 Å². The molecule has 2 aliphatic rings. The standard InChI is InChI=1S/C11H19NO4/c13-10(12-4-7-14-8-5-12)9-16-11-3-1-2-6-15-11/h11H,1-9H2. The van der Waals surface area contributed by atoms with Crippen LogP contribution in [0.1, 0.15) is 19.3 Å². The van der Waals surface area contributed by atoms with E-state index in [1.807, 2.05) is 0 Å². The van der Waals surface area contributed by atoms with E-state index in [1.54, 1.807) is 4.90 Å². The van der Waals surface area contributed by atoms with Crippen LogP contribution in [0.2, 0.25) is 0 Å². The first-order valence-electron chi connectivity index (χ1n) is 5.95. The smallest absolute Gasteiger partial charge is 0.248 e. The highest BCUT2D eigenvalue weighted by Gasteiger charge is 2.20. The number of hydrogen-bond donors (Lipinski definition) is 0. The van der Waals surface area contributed by atoms with Gasteiger partial charge in [0.25, 0.3) is 0 Å². The fourth-order valence-corrected chi connectivity index (χ4v) is 1.91. The molecule has 0 aromatic heterocycles. The Hall–Kier alpha value is -0.650. The molecule has 0 aromatic rings. The van der Waals surface area contributed by atoms with Crippen LogP contribution in [0.4, 0.5) is 0 Å². The summed E-state index contributed by atoms with van der Waals surface area (Å²) in [7, 11) is 0. The van der Waals surface area contributed by atoms with Gasteiger partial charge in [0.15, 0.2) is 6.29 Å². The second-order valence-electron chi connectivity index (χ2n) is 4.10. The number of carbonyl (C=O) groups is 1. The Morgan fingerprint density at radius 3 is 2.75 bits per heavy atom. The van der Waals surface area contributed by atoms with Crippen LogP contribution in [0.25, 0.3) is 0 Å². The van der Waals surface area contributed by atoms with Crippen molar-refractivity contribution in [2.45, 2.75) is 25.6 Å². The molecule has 92 valence electrons. The van der Waals surface area contributed by atoms with Crippen molar-refractivity contribution in [1.29, 1.82) is 0 Å². The highest BCUT2D eigenvalue weighted by atomic mass is 16.7. The van der Waals surface area contributed by atoms with E-state index in [9.17, 15) is 4.79 Å². The van der Waals surface area contributed by atoms with Gasteiger partial charge in [-0.3, -0.25) is 4.79 Å². The van der Waals surface area contributed by atoms with Crippen LogP contribution < -0.4 is 0 Å². The number of rotatable bonds is 3. The van der Waals surface area contributed by atoms with Gasteiger partial charge in [-0.25, -0.2) is 0 Å². The summed E-state index contributed by atoms with van der Waals surface area (Å²) in [5.41, 5.74) is 0. The van der Waals surface area contributed by atoms with E-state index in [0.717, 1.165) is 25.9 Å². The summed E-state index contributed by atoms with van der Waals surface area (Å²) in [5.74, 6) is 0.0393. The Balaban J connectivity index is 1.65. The van der Waals surface area contributed by atoms with Gasteiger partial charge in [0.1, 0.15) is 6.61 Å². The maximum Gasteiger partial charge on any atom is 0.248 e. The van der Waals surface area contributed by atoms with Crippen LogP contribution in [0, 0.1) is 0 Å². The number of ether oxygens (including phenoxy) is 3. The third-order valence-corrected chi connectivity index (χ3v) is 2.89. The molecule has 16 heavy (non-hydrogen) atoms. The van der Waals surface area contributed by atoms with Crippen molar-refractivity contribution < 1.29 is 19.0 Å². The second-order valence-corrected chi connectivity index (χ2v) is 4.10. The van der Waals surface area contributed by atoms with Crippen LogP contribution in [0.15, 0.2) is 0 Å². The Morgan fingerprint density at radius 1 is 1.25 bits per heavy atom. The van der Waals surface area contributed by atoms with Gasteiger partial charge >= 0.3 is 0 Å². The monoisotopic (exact) mass is 229 g/mol. The van der Waals surface area contributed by atoms with Crippen LogP contribution in [0.3, 0.4) is 0 Å². The van der Waals surface area contributed by atoms with Gasteiger partial charge in [0.05, 0.1) is 13.2 Å². The van der Waals surface area contributed by atoms with E-state index in [-0.39, 0.29) is 18.8 Å². The molecule has 0 N–H and O–H groups in total. The van der Waals surface area contributed by atoms with E-state index in [1.165, 1.54) is 0 Å². The fraction of sp³-hybridized carbons (Fsp3) is 0.909. The Bertz CT molecular complexity index is 222. The molecular weight excluding hydrogens is 210 g/mol. The molecule has 1 atom stereocenters. The second kappa shape index (κ2) is 6.18. The zero-order chi connectivity index (χ0) is 11.2. The predicted molar refractivity (Wildman–Crippen MR) is 56.9 cm³/mol. The van der Waals surface area contributed by atoms with Gasteiger partial charge in [0, 0.05) is 19.7 Å². The summed E-state index contributed by atoms with van der Waals surface area (Å²) in [6.45, 7) is 3.49. The number of hydrogen-bond acceptors (Lipinski definition) is 4. The third kappa shape index (κ3) is 3.43. The molecule has 0 radical (unpaired) electrons. The quantitative estimate of drug-likeness (QED) is 0.702. The molecule has 0 aromatic carbocycles. The summed E-state index contributed by atoms with van der Waals surface area (Å²) in [5, 5.41) is 0. The lowest BCUT2D eigenvalue weighted by atomic mass is 10.2. The Kier molecular flexibility index (Phi) is 4.56. The van der Waals surface area contributed by atoms with Crippen LogP contribution in [-0.4, -0.2) is 56.6 Å². The van der Waals surface area contributed by atoms with Crippen molar-refractivity contribution in [1.82, 2.24) is 4.90 Å². The van der Waals surface area contributed by atoms with Gasteiger partial charge in [-0.05, 0) is 19.3 Å². The van der Waals surface area contributed by atoms with E-state index in [0.29, 0.717) is 26.3 Å². The fourth-order valence-electron chi connectivity index (χ4n) is 1.91. The summed E-state index contributed by atoms with van der Waals surface area (Å²) in [6, 6.07) is 0. The molecule has 2 rings (SSSR count). The van der Waals surface area contributed by atoms with E-state index in [2.05, 4.69) is 0 Å². The van der Waals surface area contributed by atoms with Crippen molar-refractivity contribution in [3.8, 4) is 0 Å². The molecule has 2 saturated heterocycles. The number of nitrogens with zero attached hydrogens (tertiary/aromatic N) is 1. The molecule has 0 bridgehead atoms. The van der Waals surface area contributed by atoms with E-state index >= 15 is 0 Å². The lowest BCUT2D eigenvalue weighted by Gasteiger charge is -2.28. The maximum atomic E-state index is 11.7. The summed E-state index contributed by atoms with van der Waals surface area (Å²) in [6.07, 6.45) is 2.93. The van der Waals surface area contributed by atoms with Gasteiger partial charge in [-0.1, -0.05) is 0 Å². The van der Waals surface area contributed by atoms with Crippen molar-refractivity contribution >= 4 is 5.91 Å². The average Bonchev–Trinajstić information content (AvgIpc) is 2.38. The summed E-state index contributed by atoms with van der Waals surface area (Å²) >= 11 is 0. The number of morpholine rings is 1. The molecule has 0 spiro atoms. The highest BCUT2D eigenvalue weighted by Crippen LogP contribution is 2.13. The largest absolute Gasteiger partial charge is 0.378 e. The molecule has 2 heterocycles. The van der Waals surface area contributed by atoms with Gasteiger partial charge in [-0.15, -0.1) is 0 Å². The topological polar surface area (TPSA) is 48.0 Å². The summed E-state index contributed by atoms with van der Waals surface area (Å²) in [4.78, 5) is 13.5. The minimum Gasteiger partial charge on any atom is -0.378 e. The Labute approximate surface area is 95.6 Å². The van der Waals surface area contributed by atoms with E-state index < -0.39 is 0 Å². The third-order valence-electron chi connectivity index (χ3n) is 2.89. The van der Waals surface area contributed by atoms with Gasteiger partial charge in [0.2, 0.25) is 5.91 Å². The SMILES string of the molecule is O=C(COC1CCCCO1)N1CCOCC1. The maximum absolute atomic E-state index is 11.7. The van der Waals surface area contributed by atoms with Crippen LogP contribution in [-0.2, 0) is 19.0 Å². The minimum absolute atomic E-state index is 0.0393. The first kappa shape index (κ1) is 11.8. The average molecular weight is 229 g/mol. The van der Waals surface area contributed by atoms with Crippen molar-refractivity contribution in [2.24, 2.45) is 0 Å². The first-order valence-corrected chi connectivity index (χ1v) is 5.95.